The molecule has 3 heterocycles. The van der Waals surface area contributed by atoms with Crippen LogP contribution in [0, 0.1) is 0 Å². The molecule has 0 unspecified atom stereocenters. The predicted molar refractivity (Wildman–Crippen MR) is 122 cm³/mol. The number of aryl methyl sites for hydroxylation is 3. The average molecular weight is 452 g/mol. The Morgan fingerprint density at radius 1 is 1.09 bits per heavy atom. The Morgan fingerprint density at radius 3 is 2.78 bits per heavy atom. The maximum Gasteiger partial charge on any atom is 0.308 e. The molecule has 2 aromatic heterocycles. The van der Waals surface area contributed by atoms with Crippen molar-refractivity contribution in [3.05, 3.63) is 62.5 Å². The van der Waals surface area contributed by atoms with E-state index in [4.69, 9.17) is 4.74 Å². The summed E-state index contributed by atoms with van der Waals surface area (Å²) in [6.45, 7) is 1.08. The monoisotopic (exact) mass is 451 g/mol. The molecule has 0 spiro atoms. The van der Waals surface area contributed by atoms with E-state index < -0.39 is 5.97 Å². The Bertz CT molecular complexity index is 1250. The highest BCUT2D eigenvalue weighted by molar-refractivity contribution is 7.18. The summed E-state index contributed by atoms with van der Waals surface area (Å²) in [6, 6.07) is 8.07. The molecule has 7 nitrogen and oxygen atoms in total. The summed E-state index contributed by atoms with van der Waals surface area (Å²) in [6.07, 6.45) is 6.52. The third-order valence-corrected chi connectivity index (χ3v) is 7.54. The van der Waals surface area contributed by atoms with Gasteiger partial charge in [-0.25, -0.2) is 4.98 Å². The first-order valence-corrected chi connectivity index (χ1v) is 11.9. The Kier molecular flexibility index (Phi) is 5.78. The lowest BCUT2D eigenvalue weighted by molar-refractivity contribution is -0.152. The standard InChI is InChI=1S/C24H25N3O4S/c28-20(26-11-9-16-5-1-2-6-17(16)13-26)14-31-21(29)10-12-27-15-25-23-22(24(27)30)18-7-3-4-8-19(18)32-23/h1-2,5-6,15H,3-4,7-14H2. The molecule has 5 rings (SSSR count). The van der Waals surface area contributed by atoms with E-state index in [9.17, 15) is 14.4 Å². The van der Waals surface area contributed by atoms with Crippen LogP contribution < -0.4 is 5.56 Å². The number of ether oxygens (including phenoxy) is 1. The van der Waals surface area contributed by atoms with Crippen molar-refractivity contribution in [3.8, 4) is 0 Å². The van der Waals surface area contributed by atoms with Crippen LogP contribution in [0.25, 0.3) is 10.2 Å². The first-order valence-electron chi connectivity index (χ1n) is 11.1. The molecule has 1 amide bonds. The van der Waals surface area contributed by atoms with E-state index in [2.05, 4.69) is 11.1 Å². The predicted octanol–water partition coefficient (Wildman–Crippen LogP) is 2.86. The van der Waals surface area contributed by atoms with Crippen molar-refractivity contribution in [3.63, 3.8) is 0 Å². The topological polar surface area (TPSA) is 81.5 Å². The molecule has 166 valence electrons. The number of carbonyl (C=O) groups excluding carboxylic acids is 2. The average Bonchev–Trinajstić information content (AvgIpc) is 3.21. The Morgan fingerprint density at radius 2 is 1.91 bits per heavy atom. The van der Waals surface area contributed by atoms with E-state index >= 15 is 0 Å². The minimum Gasteiger partial charge on any atom is -0.456 e. The molecule has 0 saturated carbocycles. The van der Waals surface area contributed by atoms with Crippen LogP contribution in [0.15, 0.2) is 35.4 Å². The number of amides is 1. The number of carbonyl (C=O) groups is 2. The minimum absolute atomic E-state index is 0.0233. The van der Waals surface area contributed by atoms with Crippen LogP contribution in [0.1, 0.15) is 40.8 Å². The van der Waals surface area contributed by atoms with E-state index in [0.717, 1.165) is 48.1 Å². The molecule has 3 aromatic rings. The third-order valence-electron chi connectivity index (χ3n) is 6.34. The molecule has 0 bridgehead atoms. The van der Waals surface area contributed by atoms with Gasteiger partial charge in [0.1, 0.15) is 4.83 Å². The second-order valence-corrected chi connectivity index (χ2v) is 9.46. The van der Waals surface area contributed by atoms with Crippen molar-refractivity contribution in [1.29, 1.82) is 0 Å². The molecular weight excluding hydrogens is 426 g/mol. The quantitative estimate of drug-likeness (QED) is 0.557. The summed E-state index contributed by atoms with van der Waals surface area (Å²) in [5.41, 5.74) is 3.44. The zero-order valence-corrected chi connectivity index (χ0v) is 18.7. The van der Waals surface area contributed by atoms with Crippen LogP contribution in [0.2, 0.25) is 0 Å². The van der Waals surface area contributed by atoms with Gasteiger partial charge in [-0.2, -0.15) is 0 Å². The Hall–Kier alpha value is -3.00. The maximum absolute atomic E-state index is 13.0. The molecule has 0 N–H and O–H groups in total. The van der Waals surface area contributed by atoms with E-state index in [1.165, 1.54) is 21.3 Å². The van der Waals surface area contributed by atoms with Crippen molar-refractivity contribution >= 4 is 33.4 Å². The van der Waals surface area contributed by atoms with E-state index in [-0.39, 0.29) is 31.0 Å². The van der Waals surface area contributed by atoms with Gasteiger partial charge in [-0.1, -0.05) is 24.3 Å². The molecule has 0 radical (unpaired) electrons. The van der Waals surface area contributed by atoms with Crippen LogP contribution in [0.5, 0.6) is 0 Å². The van der Waals surface area contributed by atoms with Gasteiger partial charge in [0, 0.05) is 24.5 Å². The fourth-order valence-corrected chi connectivity index (χ4v) is 5.79. The summed E-state index contributed by atoms with van der Waals surface area (Å²) in [4.78, 5) is 45.9. The number of aromatic nitrogens is 2. The van der Waals surface area contributed by atoms with Gasteiger partial charge in [-0.15, -0.1) is 11.3 Å². The summed E-state index contributed by atoms with van der Waals surface area (Å²) in [5, 5.41) is 0.709. The lowest BCUT2D eigenvalue weighted by atomic mass is 9.97. The number of hydrogen-bond donors (Lipinski definition) is 0. The number of nitrogens with zero attached hydrogens (tertiary/aromatic N) is 3. The van der Waals surface area contributed by atoms with Crippen LogP contribution >= 0.6 is 11.3 Å². The number of thiophene rings is 1. The van der Waals surface area contributed by atoms with Crippen LogP contribution in [0.4, 0.5) is 0 Å². The van der Waals surface area contributed by atoms with Gasteiger partial charge in [-0.05, 0) is 48.8 Å². The lowest BCUT2D eigenvalue weighted by Crippen LogP contribution is -2.38. The highest BCUT2D eigenvalue weighted by Gasteiger charge is 2.22. The van der Waals surface area contributed by atoms with Crippen LogP contribution in [0.3, 0.4) is 0 Å². The van der Waals surface area contributed by atoms with E-state index in [0.29, 0.717) is 18.5 Å². The van der Waals surface area contributed by atoms with Gasteiger partial charge in [0.05, 0.1) is 18.1 Å². The van der Waals surface area contributed by atoms with E-state index in [1.54, 1.807) is 16.2 Å². The highest BCUT2D eigenvalue weighted by atomic mass is 32.1. The molecule has 32 heavy (non-hydrogen) atoms. The molecule has 1 aromatic carbocycles. The summed E-state index contributed by atoms with van der Waals surface area (Å²) < 4.78 is 6.69. The van der Waals surface area contributed by atoms with Crippen molar-refractivity contribution < 1.29 is 14.3 Å². The summed E-state index contributed by atoms with van der Waals surface area (Å²) in [7, 11) is 0. The van der Waals surface area contributed by atoms with Crippen molar-refractivity contribution in [1.82, 2.24) is 14.5 Å². The van der Waals surface area contributed by atoms with Gasteiger partial charge in [0.15, 0.2) is 6.61 Å². The van der Waals surface area contributed by atoms with Crippen molar-refractivity contribution in [2.24, 2.45) is 0 Å². The second-order valence-electron chi connectivity index (χ2n) is 8.38. The van der Waals surface area contributed by atoms with Crippen molar-refractivity contribution in [2.75, 3.05) is 13.2 Å². The number of hydrogen-bond acceptors (Lipinski definition) is 6. The zero-order chi connectivity index (χ0) is 22.1. The minimum atomic E-state index is -0.491. The maximum atomic E-state index is 13.0. The molecule has 0 atom stereocenters. The van der Waals surface area contributed by atoms with Gasteiger partial charge in [-0.3, -0.25) is 19.0 Å². The number of fused-ring (bicyclic) bond motifs is 4. The fraction of sp³-hybridized carbons (Fsp3) is 0.417. The third kappa shape index (κ3) is 4.07. The first-order chi connectivity index (χ1) is 15.6. The molecule has 8 heteroatoms. The SMILES string of the molecule is O=C(CCn1cnc2sc3c(c2c1=O)CCCC3)OCC(=O)N1CCc2ccccc2C1. The summed E-state index contributed by atoms with van der Waals surface area (Å²) >= 11 is 1.61. The lowest BCUT2D eigenvalue weighted by Gasteiger charge is -2.28. The van der Waals surface area contributed by atoms with Gasteiger partial charge >= 0.3 is 5.97 Å². The molecular formula is C24H25N3O4S. The Balaban J connectivity index is 1.17. The molecule has 1 aliphatic heterocycles. The van der Waals surface area contributed by atoms with Gasteiger partial charge in [0.25, 0.3) is 11.5 Å². The van der Waals surface area contributed by atoms with Gasteiger partial charge in [0.2, 0.25) is 0 Å². The molecule has 0 saturated heterocycles. The normalized spacial score (nSPS) is 15.3. The largest absolute Gasteiger partial charge is 0.456 e. The fourth-order valence-electron chi connectivity index (χ4n) is 4.57. The number of rotatable bonds is 5. The Labute approximate surface area is 189 Å². The number of esters is 1. The molecule has 1 aliphatic carbocycles. The van der Waals surface area contributed by atoms with Crippen LogP contribution in [-0.2, 0) is 46.7 Å². The van der Waals surface area contributed by atoms with Gasteiger partial charge < -0.3 is 9.64 Å². The van der Waals surface area contributed by atoms with Crippen molar-refractivity contribution in [2.45, 2.75) is 51.6 Å². The first kappa shape index (κ1) is 20.9. The smallest absolute Gasteiger partial charge is 0.308 e. The number of benzene rings is 1. The van der Waals surface area contributed by atoms with Crippen LogP contribution in [-0.4, -0.2) is 39.5 Å². The van der Waals surface area contributed by atoms with E-state index in [1.807, 2.05) is 18.2 Å². The summed E-state index contributed by atoms with van der Waals surface area (Å²) in [5.74, 6) is -0.687. The second kappa shape index (κ2) is 8.86. The molecule has 2 aliphatic rings. The molecule has 0 fully saturated rings. The highest BCUT2D eigenvalue weighted by Crippen LogP contribution is 2.33. The zero-order valence-electron chi connectivity index (χ0n) is 17.8.